The first-order valence-electron chi connectivity index (χ1n) is 6.85. The van der Waals surface area contributed by atoms with Crippen molar-refractivity contribution in [2.24, 2.45) is 10.9 Å². The third-order valence-corrected chi connectivity index (χ3v) is 3.19. The third-order valence-electron chi connectivity index (χ3n) is 3.19. The van der Waals surface area contributed by atoms with Gasteiger partial charge in [-0.3, -0.25) is 4.99 Å². The standard InChI is InChI=1S/C18H14FN3/c19-17-8-6-16(7-9-17)18(15-4-2-1-3-5-15)22-13-14(12-21)10-11-20/h1-9,13-14,18H,10H2. The van der Waals surface area contributed by atoms with Gasteiger partial charge in [0.05, 0.1) is 30.5 Å². The summed E-state index contributed by atoms with van der Waals surface area (Å²) in [4.78, 5) is 4.46. The van der Waals surface area contributed by atoms with E-state index >= 15 is 0 Å². The van der Waals surface area contributed by atoms with E-state index in [1.807, 2.05) is 42.5 Å². The summed E-state index contributed by atoms with van der Waals surface area (Å²) < 4.78 is 13.1. The number of nitriles is 2. The molecule has 0 radical (unpaired) electrons. The molecule has 0 heterocycles. The lowest BCUT2D eigenvalue weighted by atomic mass is 9.99. The maximum atomic E-state index is 13.1. The fourth-order valence-electron chi connectivity index (χ4n) is 2.06. The highest BCUT2D eigenvalue weighted by molar-refractivity contribution is 5.65. The summed E-state index contributed by atoms with van der Waals surface area (Å²) >= 11 is 0. The Morgan fingerprint density at radius 2 is 1.64 bits per heavy atom. The Balaban J connectivity index is 2.35. The number of hydrogen-bond acceptors (Lipinski definition) is 3. The van der Waals surface area contributed by atoms with Crippen LogP contribution >= 0.6 is 0 Å². The summed E-state index contributed by atoms with van der Waals surface area (Å²) in [6, 6.07) is 19.4. The Labute approximate surface area is 129 Å². The molecule has 4 heteroatoms. The highest BCUT2D eigenvalue weighted by Gasteiger charge is 2.13. The Morgan fingerprint density at radius 1 is 1.00 bits per heavy atom. The Kier molecular flexibility index (Phi) is 5.40. The van der Waals surface area contributed by atoms with E-state index in [0.717, 1.165) is 11.1 Å². The maximum absolute atomic E-state index is 13.1. The van der Waals surface area contributed by atoms with Crippen molar-refractivity contribution in [2.45, 2.75) is 12.5 Å². The molecule has 0 saturated heterocycles. The van der Waals surface area contributed by atoms with Crippen LogP contribution in [0.5, 0.6) is 0 Å². The van der Waals surface area contributed by atoms with Gasteiger partial charge in [-0.15, -0.1) is 0 Å². The molecular formula is C18H14FN3. The monoisotopic (exact) mass is 291 g/mol. The van der Waals surface area contributed by atoms with Crippen molar-refractivity contribution in [2.75, 3.05) is 0 Å². The van der Waals surface area contributed by atoms with Crippen molar-refractivity contribution in [3.05, 3.63) is 71.5 Å². The van der Waals surface area contributed by atoms with Crippen LogP contribution in [0, 0.1) is 34.4 Å². The van der Waals surface area contributed by atoms with Gasteiger partial charge in [0.15, 0.2) is 0 Å². The molecule has 0 aromatic heterocycles. The van der Waals surface area contributed by atoms with E-state index < -0.39 is 5.92 Å². The topological polar surface area (TPSA) is 59.9 Å². The number of hydrogen-bond donors (Lipinski definition) is 0. The average molecular weight is 291 g/mol. The van der Waals surface area contributed by atoms with Crippen LogP contribution in [-0.4, -0.2) is 6.21 Å². The van der Waals surface area contributed by atoms with Crippen molar-refractivity contribution in [1.82, 2.24) is 0 Å². The number of benzene rings is 2. The van der Waals surface area contributed by atoms with E-state index in [4.69, 9.17) is 10.5 Å². The lowest BCUT2D eigenvalue weighted by Crippen LogP contribution is -2.03. The zero-order chi connectivity index (χ0) is 15.8. The quantitative estimate of drug-likeness (QED) is 0.780. The highest BCUT2D eigenvalue weighted by atomic mass is 19.1. The SMILES string of the molecule is N#CCC(C#N)C=NC(c1ccccc1)c1ccc(F)cc1. The minimum Gasteiger partial charge on any atom is -0.283 e. The second-order valence-electron chi connectivity index (χ2n) is 4.76. The van der Waals surface area contributed by atoms with E-state index in [9.17, 15) is 4.39 Å². The smallest absolute Gasteiger partial charge is 0.123 e. The van der Waals surface area contributed by atoms with Crippen LogP contribution in [-0.2, 0) is 0 Å². The first kappa shape index (κ1) is 15.4. The molecule has 2 aromatic rings. The average Bonchev–Trinajstić information content (AvgIpc) is 2.56. The summed E-state index contributed by atoms with van der Waals surface area (Å²) in [7, 11) is 0. The maximum Gasteiger partial charge on any atom is 0.123 e. The largest absolute Gasteiger partial charge is 0.283 e. The van der Waals surface area contributed by atoms with Gasteiger partial charge in [0.1, 0.15) is 5.82 Å². The van der Waals surface area contributed by atoms with Crippen molar-refractivity contribution in [3.8, 4) is 12.1 Å². The van der Waals surface area contributed by atoms with Crippen molar-refractivity contribution in [3.63, 3.8) is 0 Å². The van der Waals surface area contributed by atoms with Gasteiger partial charge in [-0.25, -0.2) is 4.39 Å². The van der Waals surface area contributed by atoms with Crippen LogP contribution in [0.1, 0.15) is 23.6 Å². The number of nitrogens with zero attached hydrogens (tertiary/aromatic N) is 3. The van der Waals surface area contributed by atoms with E-state index in [2.05, 4.69) is 4.99 Å². The molecule has 0 amide bonds. The summed E-state index contributed by atoms with van der Waals surface area (Å²) in [6.07, 6.45) is 1.61. The minimum atomic E-state index is -0.545. The van der Waals surface area contributed by atoms with E-state index in [1.54, 1.807) is 12.1 Å². The molecule has 0 N–H and O–H groups in total. The van der Waals surface area contributed by atoms with Crippen LogP contribution in [0.15, 0.2) is 59.6 Å². The lowest BCUT2D eigenvalue weighted by molar-refractivity contribution is 0.626. The second-order valence-corrected chi connectivity index (χ2v) is 4.76. The first-order chi connectivity index (χ1) is 10.7. The van der Waals surface area contributed by atoms with Crippen LogP contribution in [0.25, 0.3) is 0 Å². The normalized spacial score (nSPS) is 13.2. The molecule has 0 aliphatic rings. The van der Waals surface area contributed by atoms with Crippen LogP contribution in [0.4, 0.5) is 4.39 Å². The Bertz CT molecular complexity index is 709. The molecule has 2 atom stereocenters. The molecule has 2 rings (SSSR count). The molecule has 2 aromatic carbocycles. The second kappa shape index (κ2) is 7.71. The predicted octanol–water partition coefficient (Wildman–Crippen LogP) is 4.04. The predicted molar refractivity (Wildman–Crippen MR) is 82.5 cm³/mol. The molecule has 0 bridgehead atoms. The number of aliphatic imine (C=N–C) groups is 1. The van der Waals surface area contributed by atoms with E-state index in [1.165, 1.54) is 18.3 Å². The Morgan fingerprint density at radius 3 is 2.23 bits per heavy atom. The van der Waals surface area contributed by atoms with E-state index in [0.29, 0.717) is 0 Å². The van der Waals surface area contributed by atoms with Crippen LogP contribution in [0.2, 0.25) is 0 Å². The summed E-state index contributed by atoms with van der Waals surface area (Å²) in [5.74, 6) is -0.851. The van der Waals surface area contributed by atoms with Gasteiger partial charge < -0.3 is 0 Å². The van der Waals surface area contributed by atoms with Gasteiger partial charge in [0, 0.05) is 6.21 Å². The fourth-order valence-corrected chi connectivity index (χ4v) is 2.06. The highest BCUT2D eigenvalue weighted by Crippen LogP contribution is 2.26. The molecule has 0 aliphatic heterocycles. The van der Waals surface area contributed by atoms with Crippen molar-refractivity contribution in [1.29, 1.82) is 10.5 Å². The molecule has 0 fully saturated rings. The fraction of sp³-hybridized carbons (Fsp3) is 0.167. The van der Waals surface area contributed by atoms with Gasteiger partial charge in [-0.2, -0.15) is 10.5 Å². The van der Waals surface area contributed by atoms with Gasteiger partial charge in [-0.05, 0) is 23.3 Å². The summed E-state index contributed by atoms with van der Waals surface area (Å²) in [6.45, 7) is 0. The van der Waals surface area contributed by atoms with E-state index in [-0.39, 0.29) is 18.3 Å². The minimum absolute atomic E-state index is 0.102. The first-order valence-corrected chi connectivity index (χ1v) is 6.85. The summed E-state index contributed by atoms with van der Waals surface area (Å²) in [5.41, 5.74) is 1.77. The molecule has 0 aliphatic carbocycles. The van der Waals surface area contributed by atoms with Gasteiger partial charge in [0.2, 0.25) is 0 Å². The van der Waals surface area contributed by atoms with Crippen LogP contribution < -0.4 is 0 Å². The van der Waals surface area contributed by atoms with Gasteiger partial charge >= 0.3 is 0 Å². The molecule has 0 saturated carbocycles. The molecule has 108 valence electrons. The van der Waals surface area contributed by atoms with Gasteiger partial charge in [-0.1, -0.05) is 42.5 Å². The molecular weight excluding hydrogens is 277 g/mol. The zero-order valence-corrected chi connectivity index (χ0v) is 11.9. The Hall–Kier alpha value is -2.98. The molecule has 0 spiro atoms. The molecule has 3 nitrogen and oxygen atoms in total. The lowest BCUT2D eigenvalue weighted by Gasteiger charge is -2.14. The summed E-state index contributed by atoms with van der Waals surface area (Å²) in [5, 5.41) is 17.7. The molecule has 22 heavy (non-hydrogen) atoms. The van der Waals surface area contributed by atoms with Gasteiger partial charge in [0.25, 0.3) is 0 Å². The number of halogens is 1. The number of rotatable bonds is 5. The van der Waals surface area contributed by atoms with Crippen molar-refractivity contribution >= 4 is 6.21 Å². The van der Waals surface area contributed by atoms with Crippen molar-refractivity contribution < 1.29 is 4.39 Å². The van der Waals surface area contributed by atoms with Crippen LogP contribution in [0.3, 0.4) is 0 Å². The zero-order valence-electron chi connectivity index (χ0n) is 11.9. The molecule has 2 unspecified atom stereocenters. The third kappa shape index (κ3) is 4.01.